The van der Waals surface area contributed by atoms with Crippen LogP contribution in [0.5, 0.6) is 0 Å². The summed E-state index contributed by atoms with van der Waals surface area (Å²) in [4.78, 5) is 6.71. The third-order valence-corrected chi connectivity index (χ3v) is 4.12. The molecule has 23 heavy (non-hydrogen) atoms. The number of aromatic nitrogens is 2. The molecule has 4 nitrogen and oxygen atoms in total. The third-order valence-electron chi connectivity index (χ3n) is 4.12. The van der Waals surface area contributed by atoms with E-state index in [1.807, 2.05) is 20.8 Å². The number of nitrogens with zero attached hydrogens (tertiary/aromatic N) is 3. The van der Waals surface area contributed by atoms with Crippen LogP contribution in [0.25, 0.3) is 0 Å². The van der Waals surface area contributed by atoms with Crippen molar-refractivity contribution in [3.8, 4) is 0 Å². The number of benzene rings is 1. The van der Waals surface area contributed by atoms with Gasteiger partial charge in [-0.1, -0.05) is 32.0 Å². The first-order chi connectivity index (χ1) is 10.8. The van der Waals surface area contributed by atoms with E-state index in [2.05, 4.69) is 15.0 Å². The van der Waals surface area contributed by atoms with Gasteiger partial charge in [0.25, 0.3) is 0 Å². The van der Waals surface area contributed by atoms with Gasteiger partial charge < -0.3 is 4.52 Å². The van der Waals surface area contributed by atoms with Crippen LogP contribution in [-0.4, -0.2) is 28.1 Å². The van der Waals surface area contributed by atoms with Gasteiger partial charge >= 0.3 is 0 Å². The van der Waals surface area contributed by atoms with Crippen molar-refractivity contribution in [1.82, 2.24) is 15.0 Å². The molecule has 0 amide bonds. The number of rotatable bonds is 3. The molecule has 1 aliphatic rings. The molecular weight excluding hydrogens is 300 g/mol. The van der Waals surface area contributed by atoms with Crippen LogP contribution in [0.4, 0.5) is 8.78 Å². The molecule has 0 N–H and O–H groups in total. The quantitative estimate of drug-likeness (QED) is 0.865. The van der Waals surface area contributed by atoms with E-state index in [4.69, 9.17) is 4.52 Å². The second kappa shape index (κ2) is 6.00. The van der Waals surface area contributed by atoms with E-state index in [-0.39, 0.29) is 11.3 Å². The minimum atomic E-state index is -0.811. The van der Waals surface area contributed by atoms with E-state index < -0.39 is 11.6 Å². The zero-order valence-corrected chi connectivity index (χ0v) is 13.6. The van der Waals surface area contributed by atoms with Crippen LogP contribution in [0.15, 0.2) is 22.7 Å². The van der Waals surface area contributed by atoms with E-state index in [0.29, 0.717) is 18.3 Å². The smallest absolute Gasteiger partial charge is 0.231 e. The molecule has 1 fully saturated rings. The maximum absolute atomic E-state index is 13.3. The maximum Gasteiger partial charge on any atom is 0.231 e. The predicted octanol–water partition coefficient (Wildman–Crippen LogP) is 3.63. The highest BCUT2D eigenvalue weighted by Gasteiger charge is 2.30. The number of halogens is 2. The number of hydrogen-bond donors (Lipinski definition) is 0. The average molecular weight is 321 g/mol. The van der Waals surface area contributed by atoms with Crippen molar-refractivity contribution in [3.05, 3.63) is 47.1 Å². The average Bonchev–Trinajstić information content (AvgIpc) is 3.11. The van der Waals surface area contributed by atoms with Gasteiger partial charge in [0.1, 0.15) is 0 Å². The van der Waals surface area contributed by atoms with E-state index in [9.17, 15) is 8.78 Å². The summed E-state index contributed by atoms with van der Waals surface area (Å²) in [6.45, 7) is 8.39. The van der Waals surface area contributed by atoms with Gasteiger partial charge in [0.05, 0.1) is 5.92 Å². The van der Waals surface area contributed by atoms with Gasteiger partial charge in [0, 0.05) is 18.5 Å². The molecule has 2 aromatic rings. The highest BCUT2D eigenvalue weighted by atomic mass is 19.2. The van der Waals surface area contributed by atoms with Gasteiger partial charge in [-0.3, -0.25) is 4.90 Å². The van der Waals surface area contributed by atoms with Crippen LogP contribution >= 0.6 is 0 Å². The predicted molar refractivity (Wildman–Crippen MR) is 82.0 cm³/mol. The standard InChI is InChI=1S/C17H21F2N3O/c1-17(2,3)16-20-15(23-21-16)12-6-7-22(10-12)9-11-4-5-13(18)14(19)8-11/h4-5,8,12H,6-7,9-10H2,1-3H3/t12-/m1/s1. The molecule has 2 heterocycles. The lowest BCUT2D eigenvalue weighted by Crippen LogP contribution is -2.20. The highest BCUT2D eigenvalue weighted by Crippen LogP contribution is 2.29. The molecule has 6 heteroatoms. The second-order valence-electron chi connectivity index (χ2n) is 7.18. The van der Waals surface area contributed by atoms with Gasteiger partial charge in [-0.2, -0.15) is 4.98 Å². The summed E-state index contributed by atoms with van der Waals surface area (Å²) < 4.78 is 31.7. The molecule has 0 spiro atoms. The van der Waals surface area contributed by atoms with Crippen LogP contribution in [0.3, 0.4) is 0 Å². The molecule has 0 saturated carbocycles. The Bertz CT molecular complexity index is 693. The molecule has 1 aromatic heterocycles. The molecule has 124 valence electrons. The van der Waals surface area contributed by atoms with Crippen molar-refractivity contribution in [3.63, 3.8) is 0 Å². The zero-order chi connectivity index (χ0) is 16.6. The Morgan fingerprint density at radius 1 is 1.26 bits per heavy atom. The Kier molecular flexibility index (Phi) is 4.19. The fourth-order valence-electron chi connectivity index (χ4n) is 2.78. The topological polar surface area (TPSA) is 42.2 Å². The summed E-state index contributed by atoms with van der Waals surface area (Å²) in [5, 5.41) is 4.07. The fraction of sp³-hybridized carbons (Fsp3) is 0.529. The first-order valence-corrected chi connectivity index (χ1v) is 7.83. The first-order valence-electron chi connectivity index (χ1n) is 7.83. The van der Waals surface area contributed by atoms with Gasteiger partial charge in [-0.05, 0) is 30.7 Å². The summed E-state index contributed by atoms with van der Waals surface area (Å²) in [5.41, 5.74) is 0.636. The Labute approximate surface area is 134 Å². The Hall–Kier alpha value is -1.82. The van der Waals surface area contributed by atoms with Crippen molar-refractivity contribution >= 4 is 0 Å². The molecule has 1 atom stereocenters. The number of hydrogen-bond acceptors (Lipinski definition) is 4. The van der Waals surface area contributed by atoms with E-state index >= 15 is 0 Å². The van der Waals surface area contributed by atoms with Crippen molar-refractivity contribution in [1.29, 1.82) is 0 Å². The monoisotopic (exact) mass is 321 g/mol. The van der Waals surface area contributed by atoms with Crippen molar-refractivity contribution in [2.24, 2.45) is 0 Å². The fourth-order valence-corrected chi connectivity index (χ4v) is 2.78. The molecule has 1 aromatic carbocycles. The van der Waals surface area contributed by atoms with Crippen LogP contribution in [0, 0.1) is 11.6 Å². The Morgan fingerprint density at radius 2 is 2.04 bits per heavy atom. The molecular formula is C17H21F2N3O. The molecule has 0 unspecified atom stereocenters. The summed E-state index contributed by atoms with van der Waals surface area (Å²) in [7, 11) is 0. The zero-order valence-electron chi connectivity index (χ0n) is 13.6. The van der Waals surface area contributed by atoms with Crippen LogP contribution in [0.2, 0.25) is 0 Å². The van der Waals surface area contributed by atoms with Crippen LogP contribution in [-0.2, 0) is 12.0 Å². The summed E-state index contributed by atoms with van der Waals surface area (Å²) in [6.07, 6.45) is 0.926. The molecule has 0 aliphatic carbocycles. The van der Waals surface area contributed by atoms with Gasteiger partial charge in [-0.25, -0.2) is 8.78 Å². The van der Waals surface area contributed by atoms with Crippen molar-refractivity contribution in [2.75, 3.05) is 13.1 Å². The molecule has 1 aliphatic heterocycles. The van der Waals surface area contributed by atoms with Crippen LogP contribution < -0.4 is 0 Å². The SMILES string of the molecule is CC(C)(C)c1noc([C@@H]2CCN(Cc3ccc(F)c(F)c3)C2)n1. The third kappa shape index (κ3) is 3.58. The Balaban J connectivity index is 1.64. The lowest BCUT2D eigenvalue weighted by molar-refractivity contribution is 0.306. The maximum atomic E-state index is 13.3. The summed E-state index contributed by atoms with van der Waals surface area (Å²) in [5.74, 6) is -0.0308. The van der Waals surface area contributed by atoms with Crippen molar-refractivity contribution in [2.45, 2.75) is 45.1 Å². The largest absolute Gasteiger partial charge is 0.339 e. The molecule has 3 rings (SSSR count). The highest BCUT2D eigenvalue weighted by molar-refractivity contribution is 5.18. The minimum absolute atomic E-state index is 0.133. The lowest BCUT2D eigenvalue weighted by Gasteiger charge is -2.15. The second-order valence-corrected chi connectivity index (χ2v) is 7.18. The van der Waals surface area contributed by atoms with Crippen molar-refractivity contribution < 1.29 is 13.3 Å². The lowest BCUT2D eigenvalue weighted by atomic mass is 9.96. The Morgan fingerprint density at radius 3 is 2.70 bits per heavy atom. The van der Waals surface area contributed by atoms with Gasteiger partial charge in [0.15, 0.2) is 17.5 Å². The van der Waals surface area contributed by atoms with E-state index in [1.54, 1.807) is 6.07 Å². The normalized spacial score (nSPS) is 19.4. The van der Waals surface area contributed by atoms with E-state index in [1.165, 1.54) is 12.1 Å². The first kappa shape index (κ1) is 16.1. The molecule has 1 saturated heterocycles. The van der Waals surface area contributed by atoms with Gasteiger partial charge in [-0.15, -0.1) is 0 Å². The summed E-state index contributed by atoms with van der Waals surface area (Å²) in [6, 6.07) is 4.05. The number of likely N-dealkylation sites (tertiary alicyclic amines) is 1. The summed E-state index contributed by atoms with van der Waals surface area (Å²) >= 11 is 0. The molecule has 0 radical (unpaired) electrons. The molecule has 0 bridgehead atoms. The van der Waals surface area contributed by atoms with E-state index in [0.717, 1.165) is 25.1 Å². The minimum Gasteiger partial charge on any atom is -0.339 e. The van der Waals surface area contributed by atoms with Crippen LogP contribution in [0.1, 0.15) is 50.4 Å². The van der Waals surface area contributed by atoms with Gasteiger partial charge in [0.2, 0.25) is 5.89 Å².